The molecular formula is C33H62O6S. The second-order valence-corrected chi connectivity index (χ2v) is 6.00. The summed E-state index contributed by atoms with van der Waals surface area (Å²) in [6, 6.07) is 0. The van der Waals surface area contributed by atoms with Crippen LogP contribution in [0.3, 0.4) is 0 Å². The zero-order chi connectivity index (χ0) is 30.1. The van der Waals surface area contributed by atoms with Crippen molar-refractivity contribution in [3.8, 4) is 155 Å². The molecule has 0 rings (SSSR count). The van der Waals surface area contributed by atoms with E-state index in [1.165, 1.54) is 6.92 Å². The Kier molecular flexibility index (Phi) is 25.1. The molecule has 0 unspecified atom stereocenters. The average molecular weight is 587 g/mol. The van der Waals surface area contributed by atoms with Crippen molar-refractivity contribution in [1.29, 1.82) is 0 Å². The normalized spacial score (nSPS) is 6.53. The molecule has 6 nitrogen and oxygen atoms in total. The van der Waals surface area contributed by atoms with Gasteiger partial charge in [-0.15, -0.1) is 25.5 Å². The molecule has 0 radical (unpaired) electrons. The van der Waals surface area contributed by atoms with Crippen molar-refractivity contribution < 1.29 is 64.6 Å². The largest absolute Gasteiger partial charge is 0.452 e. The molecule has 0 amide bonds. The van der Waals surface area contributed by atoms with Gasteiger partial charge >= 0.3 is 11.9 Å². The highest BCUT2D eigenvalue weighted by molar-refractivity contribution is 7.96. The number of aliphatic hydroxyl groups is 1. The molecule has 0 saturated heterocycles. The van der Waals surface area contributed by atoms with Crippen molar-refractivity contribution in [3.63, 3.8) is 0 Å². The summed E-state index contributed by atoms with van der Waals surface area (Å²) in [4.78, 5) is 32.4. The highest BCUT2D eigenvalue weighted by Crippen LogP contribution is 1.94. The van der Waals surface area contributed by atoms with E-state index in [0.29, 0.717) is 0 Å². The van der Waals surface area contributed by atoms with Crippen LogP contribution in [0.5, 0.6) is 0 Å². The number of esters is 2. The van der Waals surface area contributed by atoms with Crippen LogP contribution in [-0.2, 0) is 23.9 Å². The zero-order valence-corrected chi connectivity index (χ0v) is 21.5. The molecule has 0 aromatic carbocycles. The second kappa shape index (κ2) is 28.4. The first-order valence-electron chi connectivity index (χ1n) is 9.98. The maximum absolute atomic E-state index is 11.6. The molecule has 0 heterocycles. The van der Waals surface area contributed by atoms with Crippen molar-refractivity contribution >= 4 is 29.7 Å². The van der Waals surface area contributed by atoms with Crippen LogP contribution < -0.4 is 0 Å². The zero-order valence-electron chi connectivity index (χ0n) is 20.6. The average Bonchev–Trinajstić information content (AvgIpc) is 2.92. The maximum atomic E-state index is 11.6. The molecule has 7 heteroatoms. The first kappa shape index (κ1) is 35.4. The minimum atomic E-state index is -1.15. The Balaban J connectivity index is -0.0000000191. The molecule has 0 aliphatic rings. The topological polar surface area (TPSA) is 89.9 Å². The van der Waals surface area contributed by atoms with Crippen molar-refractivity contribution in [3.05, 3.63) is 0 Å². The number of rotatable bonds is 4. The van der Waals surface area contributed by atoms with Crippen LogP contribution in [-0.4, -0.2) is 41.5 Å². The predicted octanol–water partition coefficient (Wildman–Crippen LogP) is 5.35. The van der Waals surface area contributed by atoms with E-state index in [0.717, 1.165) is 0 Å². The number of ether oxygens (including phenoxy) is 2. The SMILES string of the molecule is C#CC#CC#CC#CC#CC#CC#CC(=O)OC[C@H](CO)OC(=O)C#CC#CC#CC#CC#CC#C.CC(=O)S.[HH].[HH].[HH].[HH].[HH].[HH].[HH].[HH].[HH].[HH].[HH].[HH].[HH].[HH].[HH].[HH].[HH].[HH].[HH].[HH].[HH].[HH].[HH].[HH].[HH]. The minimum Gasteiger partial charge on any atom is -0.452 e. The summed E-state index contributed by atoms with van der Waals surface area (Å²) < 4.78 is 9.58. The Bertz CT molecular complexity index is 1830. The smallest absolute Gasteiger partial charge is 0.385 e. The maximum Gasteiger partial charge on any atom is 0.385 e. The van der Waals surface area contributed by atoms with Gasteiger partial charge in [0.05, 0.1) is 6.61 Å². The van der Waals surface area contributed by atoms with E-state index in [4.69, 9.17) is 22.3 Å². The summed E-state index contributed by atoms with van der Waals surface area (Å²) >= 11 is 3.33. The molecule has 40 heavy (non-hydrogen) atoms. The van der Waals surface area contributed by atoms with Crippen LogP contribution in [0.4, 0.5) is 0 Å². The van der Waals surface area contributed by atoms with Gasteiger partial charge in [-0.05, 0) is 130 Å². The van der Waals surface area contributed by atoms with Gasteiger partial charge in [-0.1, -0.05) is 0 Å². The van der Waals surface area contributed by atoms with Crippen molar-refractivity contribution in [2.24, 2.45) is 0 Å². The summed E-state index contributed by atoms with van der Waals surface area (Å²) in [5, 5.41) is 9.08. The Morgan fingerprint density at radius 3 is 1.27 bits per heavy atom. The third-order valence-corrected chi connectivity index (χ3v) is 2.48. The van der Waals surface area contributed by atoms with Gasteiger partial charge in [0, 0.05) is 54.4 Å². The molecule has 0 aromatic rings. The van der Waals surface area contributed by atoms with E-state index in [-0.39, 0.29) is 40.8 Å². The predicted molar refractivity (Wildman–Crippen MR) is 204 cm³/mol. The van der Waals surface area contributed by atoms with Gasteiger partial charge in [-0.3, -0.25) is 4.79 Å². The lowest BCUT2D eigenvalue weighted by molar-refractivity contribution is -0.153. The molecule has 1 atom stereocenters. The van der Waals surface area contributed by atoms with E-state index in [2.05, 4.69) is 155 Å². The summed E-state index contributed by atoms with van der Waals surface area (Å²) in [5.74, 6) is 53.1. The molecule has 0 fully saturated rings. The number of carbonyl (C=O) groups is 3. The number of carbonyl (C=O) groups excluding carboxylic acids is 3. The Morgan fingerprint density at radius 1 is 0.650 bits per heavy atom. The van der Waals surface area contributed by atoms with Crippen LogP contribution in [0.1, 0.15) is 42.6 Å². The standard InChI is InChI=1S/C31H8O5.C2H4OS.25H2/c1-3-5-7-9-11-13-15-16-18-19-21-23-25-30(33)35-28-29(27-32)36-31(34)26-24-22-20-17-14-12-10-8-6-4-2;1-2(3)4;;;;;;;;;;;;;;;;;;;;;;;;;/h1-2,29,32H,27-28H2;1H3,(H,3,4);25*1H/t29-;;;;;;;;;;;;;;;;;;;;;;;;;;/m0........................../s1. The van der Waals surface area contributed by atoms with Gasteiger partial charge in [0.25, 0.3) is 0 Å². The minimum absolute atomic E-state index is 0. The van der Waals surface area contributed by atoms with Gasteiger partial charge in [0.2, 0.25) is 0 Å². The van der Waals surface area contributed by atoms with Crippen molar-refractivity contribution in [2.45, 2.75) is 13.0 Å². The van der Waals surface area contributed by atoms with Gasteiger partial charge in [0.1, 0.15) is 6.61 Å². The molecule has 1 N–H and O–H groups in total. The first-order chi connectivity index (χ1) is 19.4. The Morgan fingerprint density at radius 2 is 0.950 bits per heavy atom. The fourth-order valence-electron chi connectivity index (χ4n) is 1.25. The van der Waals surface area contributed by atoms with Crippen LogP contribution in [0.2, 0.25) is 0 Å². The third-order valence-electron chi connectivity index (χ3n) is 2.48. The third kappa shape index (κ3) is 31.2. The Hall–Kier alpha value is -6.80. The molecule has 0 aromatic heterocycles. The highest BCUT2D eigenvalue weighted by Gasteiger charge is 2.14. The number of thiol groups is 1. The lowest BCUT2D eigenvalue weighted by Gasteiger charge is -2.12. The van der Waals surface area contributed by atoms with Gasteiger partial charge in [0.15, 0.2) is 11.2 Å². The van der Waals surface area contributed by atoms with Gasteiger partial charge in [-0.25, -0.2) is 9.59 Å². The Labute approximate surface area is 276 Å². The quantitative estimate of drug-likeness (QED) is 0.200. The van der Waals surface area contributed by atoms with E-state index in [9.17, 15) is 19.5 Å². The summed E-state index contributed by atoms with van der Waals surface area (Å²) in [7, 11) is 0. The number of aliphatic hydroxyl groups excluding tert-OH is 1. The summed E-state index contributed by atoms with van der Waals surface area (Å²) in [6.07, 6.45) is 8.66. The first-order valence-corrected chi connectivity index (χ1v) is 10.4. The monoisotopic (exact) mass is 586 g/mol. The van der Waals surface area contributed by atoms with Crippen LogP contribution in [0.25, 0.3) is 0 Å². The second-order valence-electron chi connectivity index (χ2n) is 5.37. The number of hydrogen-bond donors (Lipinski definition) is 2. The molecule has 0 saturated carbocycles. The van der Waals surface area contributed by atoms with Gasteiger partial charge in [-0.2, -0.15) is 0 Å². The van der Waals surface area contributed by atoms with E-state index < -0.39 is 31.3 Å². The van der Waals surface area contributed by atoms with E-state index in [1.807, 2.05) is 0 Å². The molecular weight excluding hydrogens is 524 g/mol. The van der Waals surface area contributed by atoms with Crippen LogP contribution in [0, 0.1) is 155 Å². The summed E-state index contributed by atoms with van der Waals surface area (Å²) in [5.41, 5.74) is 0. The van der Waals surface area contributed by atoms with E-state index >= 15 is 0 Å². The van der Waals surface area contributed by atoms with E-state index in [1.54, 1.807) is 0 Å². The number of terminal acetylenes is 2. The fourth-order valence-corrected chi connectivity index (χ4v) is 1.25. The van der Waals surface area contributed by atoms with Gasteiger partial charge < -0.3 is 14.6 Å². The van der Waals surface area contributed by atoms with Crippen LogP contribution >= 0.6 is 12.6 Å². The lowest BCUT2D eigenvalue weighted by atomic mass is 10.4. The lowest BCUT2D eigenvalue weighted by Crippen LogP contribution is -2.27. The molecule has 0 aliphatic heterocycles. The molecule has 0 aliphatic carbocycles. The fraction of sp³-hybridized carbons (Fsp3) is 0.121. The molecule has 236 valence electrons. The number of hydrogen-bond acceptors (Lipinski definition) is 6. The van der Waals surface area contributed by atoms with Crippen LogP contribution in [0.15, 0.2) is 0 Å². The summed E-state index contributed by atoms with van der Waals surface area (Å²) in [6.45, 7) is 0.318. The van der Waals surface area contributed by atoms with Crippen molar-refractivity contribution in [2.75, 3.05) is 13.2 Å². The molecule has 0 bridgehead atoms. The highest BCUT2D eigenvalue weighted by atomic mass is 32.1. The molecule has 0 spiro atoms. The van der Waals surface area contributed by atoms with Crippen molar-refractivity contribution in [1.82, 2.24) is 0 Å².